The van der Waals surface area contributed by atoms with E-state index < -0.39 is 0 Å². The van der Waals surface area contributed by atoms with Crippen molar-refractivity contribution in [2.45, 2.75) is 0 Å². The Morgan fingerprint density at radius 3 is 2.56 bits per heavy atom. The lowest BCUT2D eigenvalue weighted by Gasteiger charge is -2.08. The SMILES string of the molecule is CN(C)CCNC(O)=S. The Morgan fingerprint density at radius 2 is 2.22 bits per heavy atom. The molecule has 0 aromatic heterocycles. The van der Waals surface area contributed by atoms with Crippen LogP contribution in [0.3, 0.4) is 0 Å². The normalized spacial score (nSPS) is 9.67. The molecule has 0 atom stereocenters. The van der Waals surface area contributed by atoms with Crippen molar-refractivity contribution in [3.8, 4) is 0 Å². The molecule has 0 aromatic carbocycles. The summed E-state index contributed by atoms with van der Waals surface area (Å²) in [5, 5.41) is 11.0. The van der Waals surface area contributed by atoms with Crippen LogP contribution < -0.4 is 5.32 Å². The van der Waals surface area contributed by atoms with Crippen LogP contribution in [0.2, 0.25) is 0 Å². The first-order valence-electron chi connectivity index (χ1n) is 2.74. The molecule has 54 valence electrons. The highest BCUT2D eigenvalue weighted by Crippen LogP contribution is 1.70. The monoisotopic (exact) mass is 148 g/mol. The maximum absolute atomic E-state index is 8.47. The van der Waals surface area contributed by atoms with Crippen molar-refractivity contribution in [1.29, 1.82) is 0 Å². The van der Waals surface area contributed by atoms with Crippen molar-refractivity contribution in [3.63, 3.8) is 0 Å². The molecule has 4 heteroatoms. The summed E-state index contributed by atoms with van der Waals surface area (Å²) >= 11 is 4.37. The molecule has 0 aliphatic rings. The zero-order valence-electron chi connectivity index (χ0n) is 5.72. The van der Waals surface area contributed by atoms with Gasteiger partial charge in [-0.1, -0.05) is 0 Å². The first-order chi connectivity index (χ1) is 4.13. The molecule has 0 amide bonds. The lowest BCUT2D eigenvalue weighted by atomic mass is 10.6. The number of thiocarbonyl (C=S) groups is 1. The smallest absolute Gasteiger partial charge is 0.254 e. The Morgan fingerprint density at radius 1 is 1.67 bits per heavy atom. The van der Waals surface area contributed by atoms with E-state index in [1.165, 1.54) is 0 Å². The number of nitrogens with one attached hydrogen (secondary N) is 1. The van der Waals surface area contributed by atoms with Crippen LogP contribution in [-0.2, 0) is 0 Å². The molecule has 0 bridgehead atoms. The van der Waals surface area contributed by atoms with Gasteiger partial charge in [0.2, 0.25) is 0 Å². The number of rotatable bonds is 3. The third kappa shape index (κ3) is 7.65. The van der Waals surface area contributed by atoms with Crippen molar-refractivity contribution in [1.82, 2.24) is 10.2 Å². The van der Waals surface area contributed by atoms with Crippen LogP contribution in [0.1, 0.15) is 0 Å². The lowest BCUT2D eigenvalue weighted by Crippen LogP contribution is -2.29. The van der Waals surface area contributed by atoms with Crippen molar-refractivity contribution in [2.24, 2.45) is 0 Å². The van der Waals surface area contributed by atoms with Gasteiger partial charge >= 0.3 is 0 Å². The van der Waals surface area contributed by atoms with Crippen LogP contribution in [0.25, 0.3) is 0 Å². The van der Waals surface area contributed by atoms with Gasteiger partial charge in [0.05, 0.1) is 0 Å². The predicted octanol–water partition coefficient (Wildman–Crippen LogP) is -0.0195. The molecule has 0 aliphatic carbocycles. The summed E-state index contributed by atoms with van der Waals surface area (Å²) in [6.45, 7) is 1.57. The Hall–Kier alpha value is -0.350. The molecule has 0 aliphatic heterocycles. The van der Waals surface area contributed by atoms with Gasteiger partial charge in [-0.25, -0.2) is 0 Å². The Kier molecular flexibility index (Phi) is 4.35. The van der Waals surface area contributed by atoms with E-state index in [-0.39, 0.29) is 5.17 Å². The van der Waals surface area contributed by atoms with Gasteiger partial charge in [0.15, 0.2) is 0 Å². The summed E-state index contributed by atoms with van der Waals surface area (Å²) < 4.78 is 0. The largest absolute Gasteiger partial charge is 0.487 e. The second-order valence-corrected chi connectivity index (χ2v) is 2.42. The zero-order chi connectivity index (χ0) is 7.28. The lowest BCUT2D eigenvalue weighted by molar-refractivity contribution is 0.406. The van der Waals surface area contributed by atoms with E-state index in [9.17, 15) is 0 Å². The first-order valence-corrected chi connectivity index (χ1v) is 3.15. The van der Waals surface area contributed by atoms with Crippen LogP contribution in [0.15, 0.2) is 0 Å². The quantitative estimate of drug-likeness (QED) is 0.551. The highest BCUT2D eigenvalue weighted by atomic mass is 32.1. The number of aliphatic hydroxyl groups excluding tert-OH is 1. The number of hydrogen-bond donors (Lipinski definition) is 2. The van der Waals surface area contributed by atoms with Crippen LogP contribution in [0.5, 0.6) is 0 Å². The molecule has 3 nitrogen and oxygen atoms in total. The van der Waals surface area contributed by atoms with Crippen molar-refractivity contribution in [3.05, 3.63) is 0 Å². The fourth-order valence-electron chi connectivity index (χ4n) is 0.386. The van der Waals surface area contributed by atoms with Gasteiger partial charge in [-0.3, -0.25) is 0 Å². The summed E-state index contributed by atoms with van der Waals surface area (Å²) in [4.78, 5) is 2.01. The van der Waals surface area contributed by atoms with Crippen LogP contribution in [0.4, 0.5) is 0 Å². The average Bonchev–Trinajstić information content (AvgIpc) is 1.63. The van der Waals surface area contributed by atoms with Crippen LogP contribution in [0, 0.1) is 0 Å². The van der Waals surface area contributed by atoms with Gasteiger partial charge in [0.25, 0.3) is 5.17 Å². The van der Waals surface area contributed by atoms with Crippen molar-refractivity contribution >= 4 is 17.4 Å². The van der Waals surface area contributed by atoms with E-state index in [4.69, 9.17) is 5.11 Å². The summed E-state index contributed by atoms with van der Waals surface area (Å²) in [6, 6.07) is 0. The molecule has 0 rings (SSSR count). The Bertz CT molecular complexity index is 95.0. The van der Waals surface area contributed by atoms with Gasteiger partial charge in [-0.2, -0.15) is 0 Å². The molecule has 0 saturated carbocycles. The topological polar surface area (TPSA) is 35.5 Å². The van der Waals surface area contributed by atoms with Crippen LogP contribution in [-0.4, -0.2) is 42.4 Å². The van der Waals surface area contributed by atoms with Gasteiger partial charge in [0.1, 0.15) is 0 Å². The van der Waals surface area contributed by atoms with Gasteiger partial charge < -0.3 is 15.3 Å². The third-order valence-electron chi connectivity index (χ3n) is 0.835. The van der Waals surface area contributed by atoms with Crippen molar-refractivity contribution in [2.75, 3.05) is 27.2 Å². The number of hydrogen-bond acceptors (Lipinski definition) is 2. The molecule has 0 spiro atoms. The summed E-state index contributed by atoms with van der Waals surface area (Å²) in [5.74, 6) is 0. The summed E-state index contributed by atoms with van der Waals surface area (Å²) in [6.07, 6.45) is 0. The summed E-state index contributed by atoms with van der Waals surface area (Å²) in [5.41, 5.74) is 0. The molecule has 0 saturated heterocycles. The molecule has 0 radical (unpaired) electrons. The predicted molar refractivity (Wildman–Crippen MR) is 41.8 cm³/mol. The standard InChI is InChI=1S/C5H12N2OS/c1-7(2)4-3-6-5(8)9/h3-4H2,1-2H3,(H2,6,8,9). The van der Waals surface area contributed by atoms with Gasteiger partial charge in [0, 0.05) is 13.1 Å². The molecule has 9 heavy (non-hydrogen) atoms. The van der Waals surface area contributed by atoms with Gasteiger partial charge in [-0.05, 0) is 26.3 Å². The van der Waals surface area contributed by atoms with E-state index >= 15 is 0 Å². The Balaban J connectivity index is 3.01. The van der Waals surface area contributed by atoms with E-state index in [0.29, 0.717) is 6.54 Å². The minimum absolute atomic E-state index is 0.128. The molecule has 0 unspecified atom stereocenters. The van der Waals surface area contributed by atoms with E-state index in [1.807, 2.05) is 19.0 Å². The number of likely N-dealkylation sites (N-methyl/N-ethyl adjacent to an activating group) is 1. The van der Waals surface area contributed by atoms with E-state index in [0.717, 1.165) is 6.54 Å². The second-order valence-electron chi connectivity index (χ2n) is 2.04. The molecule has 0 aromatic rings. The fraction of sp³-hybridized carbons (Fsp3) is 0.800. The third-order valence-corrected chi connectivity index (χ3v) is 0.980. The first kappa shape index (κ1) is 8.65. The Labute approximate surface area is 60.7 Å². The minimum atomic E-state index is -0.128. The molecular weight excluding hydrogens is 136 g/mol. The van der Waals surface area contributed by atoms with Crippen LogP contribution >= 0.6 is 12.2 Å². The molecule has 2 N–H and O–H groups in total. The molecular formula is C5H12N2OS. The highest BCUT2D eigenvalue weighted by Gasteiger charge is 1.89. The van der Waals surface area contributed by atoms with Crippen molar-refractivity contribution < 1.29 is 5.11 Å². The highest BCUT2D eigenvalue weighted by molar-refractivity contribution is 7.79. The van der Waals surface area contributed by atoms with E-state index in [2.05, 4.69) is 17.5 Å². The number of nitrogens with zero attached hydrogens (tertiary/aromatic N) is 1. The molecule has 0 fully saturated rings. The average molecular weight is 148 g/mol. The second kappa shape index (κ2) is 4.52. The number of aliphatic hydroxyl groups is 1. The fourth-order valence-corrected chi connectivity index (χ4v) is 0.489. The zero-order valence-corrected chi connectivity index (χ0v) is 6.53. The maximum atomic E-state index is 8.47. The maximum Gasteiger partial charge on any atom is 0.254 e. The molecule has 0 heterocycles. The summed E-state index contributed by atoms with van der Waals surface area (Å²) in [7, 11) is 3.92. The minimum Gasteiger partial charge on any atom is -0.487 e. The van der Waals surface area contributed by atoms with Gasteiger partial charge in [-0.15, -0.1) is 0 Å². The van der Waals surface area contributed by atoms with E-state index in [1.54, 1.807) is 0 Å².